The van der Waals surface area contributed by atoms with E-state index in [1.54, 1.807) is 24.3 Å². The smallest absolute Gasteiger partial charge is 0.325 e. The third-order valence-electron chi connectivity index (χ3n) is 4.49. The van der Waals surface area contributed by atoms with Crippen LogP contribution in [0.1, 0.15) is 25.3 Å². The molecule has 0 saturated carbocycles. The first-order valence-corrected chi connectivity index (χ1v) is 9.87. The van der Waals surface area contributed by atoms with Gasteiger partial charge in [-0.05, 0) is 25.3 Å². The predicted octanol–water partition coefficient (Wildman–Crippen LogP) is -2.63. The molecule has 4 unspecified atom stereocenters. The number of hydrogen-bond donors (Lipinski definition) is 7. The van der Waals surface area contributed by atoms with Gasteiger partial charge in [0.05, 0.1) is 12.6 Å². The number of rotatable bonds is 13. The lowest BCUT2D eigenvalue weighted by Crippen LogP contribution is -2.58. The summed E-state index contributed by atoms with van der Waals surface area (Å²) in [6, 6.07) is 3.95. The van der Waals surface area contributed by atoms with Crippen molar-refractivity contribution in [2.24, 2.45) is 11.5 Å². The second-order valence-electron chi connectivity index (χ2n) is 7.17. The topological polar surface area (TPSA) is 214 Å². The SMILES string of the molecule is CC(NC(=O)C(CCC(N)=O)NC(=O)C(CO)NC(=O)C(N)Cc1ccccc1)C(=O)O. The van der Waals surface area contributed by atoms with Gasteiger partial charge in [0, 0.05) is 6.42 Å². The number of carboxylic acids is 1. The Bertz CT molecular complexity index is 818. The van der Waals surface area contributed by atoms with E-state index in [1.807, 2.05) is 6.07 Å². The van der Waals surface area contributed by atoms with Crippen LogP contribution < -0.4 is 27.4 Å². The molecule has 0 bridgehead atoms. The molecule has 1 rings (SSSR count). The van der Waals surface area contributed by atoms with E-state index >= 15 is 0 Å². The number of benzene rings is 1. The van der Waals surface area contributed by atoms with Crippen molar-refractivity contribution >= 4 is 29.6 Å². The highest BCUT2D eigenvalue weighted by molar-refractivity contribution is 5.94. The number of carbonyl (C=O) groups is 5. The summed E-state index contributed by atoms with van der Waals surface area (Å²) in [6.45, 7) is 0.434. The van der Waals surface area contributed by atoms with Crippen LogP contribution in [-0.2, 0) is 30.4 Å². The van der Waals surface area contributed by atoms with Gasteiger partial charge in [0.25, 0.3) is 0 Å². The molecule has 0 saturated heterocycles. The van der Waals surface area contributed by atoms with Crippen molar-refractivity contribution in [2.45, 2.75) is 50.4 Å². The van der Waals surface area contributed by atoms with Crippen molar-refractivity contribution in [3.63, 3.8) is 0 Å². The molecule has 0 aromatic heterocycles. The normalized spacial score (nSPS) is 14.3. The number of aliphatic hydroxyl groups is 1. The van der Waals surface area contributed by atoms with Gasteiger partial charge in [-0.3, -0.25) is 24.0 Å². The Hall–Kier alpha value is -3.51. The Kier molecular flexibility index (Phi) is 10.8. The molecule has 32 heavy (non-hydrogen) atoms. The van der Waals surface area contributed by atoms with Crippen LogP contribution in [0.4, 0.5) is 0 Å². The number of carbonyl (C=O) groups excluding carboxylic acids is 4. The van der Waals surface area contributed by atoms with Crippen LogP contribution in [0.15, 0.2) is 30.3 Å². The number of carboxylic acid groups (broad SMARTS) is 1. The van der Waals surface area contributed by atoms with Crippen LogP contribution in [0.2, 0.25) is 0 Å². The number of amides is 4. The van der Waals surface area contributed by atoms with E-state index in [0.717, 1.165) is 5.56 Å². The molecule has 12 heteroatoms. The number of aliphatic carboxylic acids is 1. The lowest BCUT2D eigenvalue weighted by Gasteiger charge is -2.23. The molecule has 176 valence electrons. The van der Waals surface area contributed by atoms with Crippen molar-refractivity contribution in [3.05, 3.63) is 35.9 Å². The maximum atomic E-state index is 12.5. The third-order valence-corrected chi connectivity index (χ3v) is 4.49. The van der Waals surface area contributed by atoms with Crippen LogP contribution in [0.3, 0.4) is 0 Å². The molecule has 4 atom stereocenters. The third kappa shape index (κ3) is 9.10. The lowest BCUT2D eigenvalue weighted by atomic mass is 10.1. The number of nitrogens with one attached hydrogen (secondary N) is 3. The molecule has 0 heterocycles. The van der Waals surface area contributed by atoms with Crippen LogP contribution >= 0.6 is 0 Å². The summed E-state index contributed by atoms with van der Waals surface area (Å²) in [5, 5.41) is 25.2. The van der Waals surface area contributed by atoms with Crippen molar-refractivity contribution in [1.29, 1.82) is 0 Å². The van der Waals surface area contributed by atoms with E-state index in [9.17, 15) is 29.1 Å². The van der Waals surface area contributed by atoms with Gasteiger partial charge in [0.2, 0.25) is 23.6 Å². The molecule has 0 aliphatic carbocycles. The molecule has 1 aromatic carbocycles. The van der Waals surface area contributed by atoms with Gasteiger partial charge < -0.3 is 37.6 Å². The average Bonchev–Trinajstić information content (AvgIpc) is 2.74. The summed E-state index contributed by atoms with van der Waals surface area (Å²) in [5.74, 6) is -4.51. The summed E-state index contributed by atoms with van der Waals surface area (Å²) < 4.78 is 0. The van der Waals surface area contributed by atoms with Gasteiger partial charge in [-0.1, -0.05) is 30.3 Å². The van der Waals surface area contributed by atoms with E-state index in [0.29, 0.717) is 0 Å². The Morgan fingerprint density at radius 1 is 0.938 bits per heavy atom. The predicted molar refractivity (Wildman–Crippen MR) is 113 cm³/mol. The minimum Gasteiger partial charge on any atom is -0.480 e. The standard InChI is InChI=1S/C20H29N5O7/c1-11(20(31)32)23-18(29)14(7-8-16(22)27)24-19(30)15(10-26)25-17(28)13(21)9-12-5-3-2-4-6-12/h2-6,11,13-15,26H,7-10,21H2,1H3,(H2,22,27)(H,23,29)(H,24,30)(H,25,28)(H,31,32). The summed E-state index contributed by atoms with van der Waals surface area (Å²) in [5.41, 5.74) is 11.8. The van der Waals surface area contributed by atoms with Crippen molar-refractivity contribution < 1.29 is 34.2 Å². The van der Waals surface area contributed by atoms with Gasteiger partial charge in [0.1, 0.15) is 18.1 Å². The number of hydrogen-bond acceptors (Lipinski definition) is 7. The molecule has 4 amide bonds. The second-order valence-corrected chi connectivity index (χ2v) is 7.17. The van der Waals surface area contributed by atoms with Crippen molar-refractivity contribution in [2.75, 3.05) is 6.61 Å². The Labute approximate surface area is 184 Å². The largest absolute Gasteiger partial charge is 0.480 e. The first-order chi connectivity index (χ1) is 15.0. The van der Waals surface area contributed by atoms with E-state index in [4.69, 9.17) is 16.6 Å². The molecule has 0 spiro atoms. The molecule has 0 fully saturated rings. The summed E-state index contributed by atoms with van der Waals surface area (Å²) >= 11 is 0. The summed E-state index contributed by atoms with van der Waals surface area (Å²) in [4.78, 5) is 59.2. The Balaban J connectivity index is 2.79. The number of aliphatic hydroxyl groups excluding tert-OH is 1. The lowest BCUT2D eigenvalue weighted by molar-refractivity contribution is -0.142. The number of primary amides is 1. The minimum absolute atomic E-state index is 0.198. The quantitative estimate of drug-likeness (QED) is 0.168. The first kappa shape index (κ1) is 26.5. The minimum atomic E-state index is -1.43. The van der Waals surface area contributed by atoms with Gasteiger partial charge in [-0.15, -0.1) is 0 Å². The fourth-order valence-corrected chi connectivity index (χ4v) is 2.64. The van der Waals surface area contributed by atoms with E-state index in [-0.39, 0.29) is 19.3 Å². The fourth-order valence-electron chi connectivity index (χ4n) is 2.64. The molecular weight excluding hydrogens is 422 g/mol. The summed E-state index contributed by atoms with van der Waals surface area (Å²) in [6.07, 6.45) is -0.278. The van der Waals surface area contributed by atoms with Gasteiger partial charge in [0.15, 0.2) is 0 Å². The number of nitrogens with two attached hydrogens (primary N) is 2. The zero-order valence-electron chi connectivity index (χ0n) is 17.6. The molecule has 0 aliphatic heterocycles. The maximum Gasteiger partial charge on any atom is 0.325 e. The van der Waals surface area contributed by atoms with Crippen LogP contribution in [0.25, 0.3) is 0 Å². The van der Waals surface area contributed by atoms with Crippen molar-refractivity contribution in [1.82, 2.24) is 16.0 Å². The zero-order valence-corrected chi connectivity index (χ0v) is 17.6. The van der Waals surface area contributed by atoms with E-state index < -0.39 is 60.4 Å². The molecule has 0 radical (unpaired) electrons. The molecular formula is C20H29N5O7. The van der Waals surface area contributed by atoms with Crippen LogP contribution in [0.5, 0.6) is 0 Å². The Morgan fingerprint density at radius 3 is 2.03 bits per heavy atom. The average molecular weight is 451 g/mol. The van der Waals surface area contributed by atoms with E-state index in [2.05, 4.69) is 16.0 Å². The molecule has 9 N–H and O–H groups in total. The molecule has 1 aromatic rings. The van der Waals surface area contributed by atoms with Gasteiger partial charge in [-0.2, -0.15) is 0 Å². The first-order valence-electron chi connectivity index (χ1n) is 9.87. The monoisotopic (exact) mass is 451 g/mol. The molecule has 0 aliphatic rings. The van der Waals surface area contributed by atoms with Crippen LogP contribution in [0, 0.1) is 0 Å². The highest BCUT2D eigenvalue weighted by Gasteiger charge is 2.29. The van der Waals surface area contributed by atoms with Crippen molar-refractivity contribution in [3.8, 4) is 0 Å². The van der Waals surface area contributed by atoms with E-state index in [1.165, 1.54) is 6.92 Å². The highest BCUT2D eigenvalue weighted by atomic mass is 16.4. The fraction of sp³-hybridized carbons (Fsp3) is 0.450. The zero-order chi connectivity index (χ0) is 24.3. The second kappa shape index (κ2) is 13.0. The van der Waals surface area contributed by atoms with Crippen LogP contribution in [-0.4, -0.2) is 70.6 Å². The summed E-state index contributed by atoms with van der Waals surface area (Å²) in [7, 11) is 0. The van der Waals surface area contributed by atoms with Gasteiger partial charge >= 0.3 is 5.97 Å². The van der Waals surface area contributed by atoms with Gasteiger partial charge in [-0.25, -0.2) is 0 Å². The maximum absolute atomic E-state index is 12.5. The molecule has 12 nitrogen and oxygen atoms in total. The Morgan fingerprint density at radius 2 is 1.50 bits per heavy atom. The highest BCUT2D eigenvalue weighted by Crippen LogP contribution is 2.03.